The second-order valence-corrected chi connectivity index (χ2v) is 68.5. The van der Waals surface area contributed by atoms with Crippen molar-refractivity contribution in [3.05, 3.63) is 126 Å². The molecule has 0 aliphatic heterocycles. The average Bonchev–Trinajstić information content (AvgIpc) is 4.01. The third kappa shape index (κ3) is 13.2. The molecule has 0 aliphatic rings. The van der Waals surface area contributed by atoms with E-state index in [0.29, 0.717) is 131 Å². The molecular formula is C48H50Li2Se9Sn2. The number of hydrogen-bond acceptors (Lipinski definition) is 0. The van der Waals surface area contributed by atoms with Crippen molar-refractivity contribution in [1.82, 2.24) is 0 Å². The topological polar surface area (TPSA) is 0 Å². The first-order valence-electron chi connectivity index (χ1n) is 19.5. The molecule has 61 heavy (non-hydrogen) atoms. The summed E-state index contributed by atoms with van der Waals surface area (Å²) in [6.07, 6.45) is 0. The Bertz CT molecular complexity index is 2450. The normalized spacial score (nSPS) is 11.3. The second kappa shape index (κ2) is 24.1. The van der Waals surface area contributed by atoms with Crippen LogP contribution in [0, 0.1) is 51.4 Å². The van der Waals surface area contributed by atoms with Gasteiger partial charge in [-0.05, 0) is 0 Å². The van der Waals surface area contributed by atoms with E-state index in [2.05, 4.69) is 164 Å². The van der Waals surface area contributed by atoms with Crippen LogP contribution in [0.15, 0.2) is 82.7 Å². The molecule has 0 radical (unpaired) electrons. The van der Waals surface area contributed by atoms with Crippen molar-refractivity contribution in [2.75, 3.05) is 0 Å². The molecule has 0 nitrogen and oxygen atoms in total. The summed E-state index contributed by atoms with van der Waals surface area (Å²) in [5, 5.41) is 0. The van der Waals surface area contributed by atoms with Crippen molar-refractivity contribution >= 4 is 172 Å². The van der Waals surface area contributed by atoms with Crippen LogP contribution in [0.25, 0.3) is 53.2 Å². The van der Waals surface area contributed by atoms with Crippen LogP contribution in [-0.2, 0) is 0 Å². The zero-order chi connectivity index (χ0) is 42.2. The van der Waals surface area contributed by atoms with E-state index < -0.39 is 36.8 Å². The molecule has 0 saturated carbocycles. The Hall–Kier alpha value is 2.79. The predicted molar refractivity (Wildman–Crippen MR) is 276 cm³/mol. The molecule has 0 fully saturated rings. The SMILES string of the molecule is Cc1c(-c2[se][c]([Sn]([CH3])([CH3])[CH3])c(C)c2C)[se]c(-c2[se][c]([Sn]([CH3])([CH3])[CH3])c(C)c2C)c1C.[Li+].[Li+].[c-]1ccc(-c2ccc(-c3cc[c-][se]3)[se]2)[se]1.c1c[se]c(-c2ccc(-c3ccc[se]3)[se]2)c1. The Kier molecular flexibility index (Phi) is 21.6. The Morgan fingerprint density at radius 2 is 0.689 bits per heavy atom. The Balaban J connectivity index is 0.000000185. The van der Waals surface area contributed by atoms with Gasteiger partial charge < -0.3 is 0 Å². The fraction of sp³-hybridized carbons (Fsp3) is 0.250. The van der Waals surface area contributed by atoms with Gasteiger partial charge in [0.25, 0.3) is 0 Å². The monoisotopic (exact) mass is 1600 g/mol. The Labute approximate surface area is 452 Å². The van der Waals surface area contributed by atoms with E-state index in [1.165, 1.54) is 8.87 Å². The maximum absolute atomic E-state index is 3.30. The summed E-state index contributed by atoms with van der Waals surface area (Å²) in [4.78, 5) is 26.8. The Morgan fingerprint density at radius 3 is 0.967 bits per heavy atom. The van der Waals surface area contributed by atoms with E-state index >= 15 is 0 Å². The van der Waals surface area contributed by atoms with E-state index in [4.69, 9.17) is 0 Å². The van der Waals surface area contributed by atoms with E-state index in [-0.39, 0.29) is 37.7 Å². The first-order valence-corrected chi connectivity index (χ1v) is 55.2. The summed E-state index contributed by atoms with van der Waals surface area (Å²) >= 11 is 0.906. The molecule has 0 saturated heterocycles. The summed E-state index contributed by atoms with van der Waals surface area (Å²) in [7, 11) is 0. The van der Waals surface area contributed by atoms with Crippen LogP contribution in [0.3, 0.4) is 0 Å². The molecule has 0 aromatic carbocycles. The summed E-state index contributed by atoms with van der Waals surface area (Å²) in [6.45, 7) is 14.5. The molecule has 0 unspecified atom stereocenters. The van der Waals surface area contributed by atoms with Gasteiger partial charge in [-0.2, -0.15) is 0 Å². The number of hydrogen-bond donors (Lipinski definition) is 0. The van der Waals surface area contributed by atoms with Crippen molar-refractivity contribution in [3.63, 3.8) is 0 Å². The minimum absolute atomic E-state index is 0. The van der Waals surface area contributed by atoms with Gasteiger partial charge >= 0.3 is 460 Å². The predicted octanol–water partition coefficient (Wildman–Crippen LogP) is 3.12. The first kappa shape index (κ1) is 54.7. The average molecular weight is 1590 g/mol. The van der Waals surface area contributed by atoms with Crippen LogP contribution in [0.1, 0.15) is 33.4 Å². The molecule has 9 aromatic heterocycles. The molecule has 9 aromatic rings. The van der Waals surface area contributed by atoms with Gasteiger partial charge in [0.1, 0.15) is 0 Å². The quantitative estimate of drug-likeness (QED) is 0.162. The van der Waals surface area contributed by atoms with Gasteiger partial charge in [-0.1, -0.05) is 0 Å². The van der Waals surface area contributed by atoms with Gasteiger partial charge in [0.2, 0.25) is 0 Å². The van der Waals surface area contributed by atoms with Gasteiger partial charge in [0.05, 0.1) is 0 Å². The summed E-state index contributed by atoms with van der Waals surface area (Å²) in [6, 6.07) is 26.8. The molecule has 13 heteroatoms. The van der Waals surface area contributed by atoms with Gasteiger partial charge in [0, 0.05) is 0 Å². The van der Waals surface area contributed by atoms with E-state index in [0.717, 1.165) is 0 Å². The van der Waals surface area contributed by atoms with Gasteiger partial charge in [0.15, 0.2) is 0 Å². The molecule has 0 N–H and O–H groups in total. The zero-order valence-electron chi connectivity index (χ0n) is 37.8. The van der Waals surface area contributed by atoms with E-state index in [1.54, 1.807) is 77.8 Å². The van der Waals surface area contributed by atoms with Gasteiger partial charge in [-0.15, -0.1) is 0 Å². The van der Waals surface area contributed by atoms with Crippen LogP contribution >= 0.6 is 0 Å². The molecule has 0 atom stereocenters. The van der Waals surface area contributed by atoms with Crippen molar-refractivity contribution in [2.45, 2.75) is 71.2 Å². The van der Waals surface area contributed by atoms with Crippen molar-refractivity contribution in [2.24, 2.45) is 0 Å². The molecule has 9 rings (SSSR count). The van der Waals surface area contributed by atoms with Crippen molar-refractivity contribution in [1.29, 1.82) is 0 Å². The molecule has 0 bridgehead atoms. The van der Waals surface area contributed by atoms with E-state index in [9.17, 15) is 0 Å². The van der Waals surface area contributed by atoms with Crippen LogP contribution in [0.4, 0.5) is 0 Å². The van der Waals surface area contributed by atoms with Gasteiger partial charge in [-0.25, -0.2) is 0 Å². The third-order valence-electron chi connectivity index (χ3n) is 10.3. The molecule has 306 valence electrons. The summed E-state index contributed by atoms with van der Waals surface area (Å²) in [5.74, 6) is 0. The molecule has 0 amide bonds. The van der Waals surface area contributed by atoms with Crippen molar-refractivity contribution < 1.29 is 37.7 Å². The van der Waals surface area contributed by atoms with Crippen LogP contribution in [0.5, 0.6) is 0 Å². The van der Waals surface area contributed by atoms with Crippen LogP contribution < -0.4 is 42.6 Å². The van der Waals surface area contributed by atoms with Crippen LogP contribution in [-0.4, -0.2) is 167 Å². The van der Waals surface area contributed by atoms with Crippen LogP contribution in [0.2, 0.25) is 29.6 Å². The standard InChI is InChI=1S/C18H18Se3.C12H8Se3.C12H6Se3.6CH3.2Li.2Sn/c1-9-7-19-15(11(9)3)17-13(5)14(6)18(21-17)16-12(4)10(2)8-20-16;2*1-3-9(13-7-1)11-5-6-12(15-11)10-4-2-8-14-10;;;;;;;;;;/h1-6H3;1-8H;1-6H;6*1H3;;;;/q;;-2;;;;;;;2*+1;;. The molecule has 9 heterocycles. The summed E-state index contributed by atoms with van der Waals surface area (Å²) < 4.78 is 23.4. The maximum atomic E-state index is 3.30. The second-order valence-electron chi connectivity index (χ2n) is 16.6. The number of rotatable bonds is 8. The molecule has 0 spiro atoms. The molecule has 0 aliphatic carbocycles. The third-order valence-corrected chi connectivity index (χ3v) is 64.6. The Morgan fingerprint density at radius 1 is 0.361 bits per heavy atom. The van der Waals surface area contributed by atoms with E-state index in [1.807, 2.05) is 4.91 Å². The molecular weight excluding hydrogens is 1540 g/mol. The van der Waals surface area contributed by atoms with Crippen molar-refractivity contribution in [3.8, 4) is 53.2 Å². The summed E-state index contributed by atoms with van der Waals surface area (Å²) in [5.41, 5.74) is 9.87. The minimum atomic E-state index is -2.00. The fourth-order valence-corrected chi connectivity index (χ4v) is 49.2. The van der Waals surface area contributed by atoms with Gasteiger partial charge in [-0.3, -0.25) is 0 Å². The fourth-order valence-electron chi connectivity index (χ4n) is 6.88. The first-order chi connectivity index (χ1) is 28.0. The zero-order valence-corrected chi connectivity index (χ0v) is 58.9.